The summed E-state index contributed by atoms with van der Waals surface area (Å²) in [6.45, 7) is 5.09. The molecule has 0 radical (unpaired) electrons. The van der Waals surface area contributed by atoms with Crippen LogP contribution < -0.4 is 10.6 Å². The molecule has 4 nitrogen and oxygen atoms in total. The molecule has 1 unspecified atom stereocenters. The van der Waals surface area contributed by atoms with Crippen LogP contribution in [0.25, 0.3) is 0 Å². The van der Waals surface area contributed by atoms with Crippen LogP contribution in [-0.2, 0) is 0 Å². The van der Waals surface area contributed by atoms with Crippen LogP contribution in [0.3, 0.4) is 0 Å². The molecular formula is C15H19ClN4. The zero-order chi connectivity index (χ0) is 14.4. The SMILES string of the molecule is CCCNc1cncc(NC(C)c2ccc(Cl)cc2)n1. The first-order valence-corrected chi connectivity index (χ1v) is 7.14. The van der Waals surface area contributed by atoms with Gasteiger partial charge in [-0.1, -0.05) is 30.7 Å². The zero-order valence-corrected chi connectivity index (χ0v) is 12.5. The molecule has 2 rings (SSSR count). The highest BCUT2D eigenvalue weighted by atomic mass is 35.5. The molecule has 5 heteroatoms. The normalized spacial score (nSPS) is 11.9. The van der Waals surface area contributed by atoms with E-state index >= 15 is 0 Å². The first-order chi connectivity index (χ1) is 9.69. The second-order valence-electron chi connectivity index (χ2n) is 4.63. The highest BCUT2D eigenvalue weighted by molar-refractivity contribution is 6.30. The molecule has 1 heterocycles. The van der Waals surface area contributed by atoms with Gasteiger partial charge in [0.1, 0.15) is 11.6 Å². The highest BCUT2D eigenvalue weighted by Gasteiger charge is 2.06. The van der Waals surface area contributed by atoms with Gasteiger partial charge in [-0.25, -0.2) is 4.98 Å². The summed E-state index contributed by atoms with van der Waals surface area (Å²) < 4.78 is 0. The predicted octanol–water partition coefficient (Wildman–Crippen LogP) is 4.13. The van der Waals surface area contributed by atoms with Gasteiger partial charge in [-0.2, -0.15) is 0 Å². The maximum Gasteiger partial charge on any atom is 0.147 e. The first-order valence-electron chi connectivity index (χ1n) is 6.77. The van der Waals surface area contributed by atoms with Crippen LogP contribution in [0.2, 0.25) is 5.02 Å². The summed E-state index contributed by atoms with van der Waals surface area (Å²) in [5.41, 5.74) is 1.16. The number of nitrogens with one attached hydrogen (secondary N) is 2. The molecule has 1 aromatic carbocycles. The van der Waals surface area contributed by atoms with Gasteiger partial charge in [-0.3, -0.25) is 4.98 Å². The minimum absolute atomic E-state index is 0.142. The number of benzene rings is 1. The van der Waals surface area contributed by atoms with E-state index in [2.05, 4.69) is 34.4 Å². The molecule has 0 amide bonds. The smallest absolute Gasteiger partial charge is 0.147 e. The molecule has 106 valence electrons. The van der Waals surface area contributed by atoms with Gasteiger partial charge in [0.2, 0.25) is 0 Å². The van der Waals surface area contributed by atoms with Crippen molar-refractivity contribution in [2.75, 3.05) is 17.2 Å². The van der Waals surface area contributed by atoms with Gasteiger partial charge in [0.25, 0.3) is 0 Å². The summed E-state index contributed by atoms with van der Waals surface area (Å²) >= 11 is 5.89. The van der Waals surface area contributed by atoms with Gasteiger partial charge < -0.3 is 10.6 Å². The van der Waals surface area contributed by atoms with Gasteiger partial charge in [-0.05, 0) is 31.0 Å². The lowest BCUT2D eigenvalue weighted by molar-refractivity contribution is 0.870. The number of aromatic nitrogens is 2. The number of hydrogen-bond donors (Lipinski definition) is 2. The van der Waals surface area contributed by atoms with Crippen molar-refractivity contribution in [3.8, 4) is 0 Å². The molecule has 0 saturated carbocycles. The third-order valence-electron chi connectivity index (χ3n) is 2.93. The van der Waals surface area contributed by atoms with E-state index in [9.17, 15) is 0 Å². The number of hydrogen-bond acceptors (Lipinski definition) is 4. The van der Waals surface area contributed by atoms with Crippen molar-refractivity contribution in [1.82, 2.24) is 9.97 Å². The van der Waals surface area contributed by atoms with Gasteiger partial charge in [-0.15, -0.1) is 0 Å². The van der Waals surface area contributed by atoms with E-state index < -0.39 is 0 Å². The zero-order valence-electron chi connectivity index (χ0n) is 11.7. The summed E-state index contributed by atoms with van der Waals surface area (Å²) in [5.74, 6) is 1.55. The average Bonchev–Trinajstić information content (AvgIpc) is 2.46. The topological polar surface area (TPSA) is 49.8 Å². The lowest BCUT2D eigenvalue weighted by Gasteiger charge is -2.15. The molecule has 0 saturated heterocycles. The lowest BCUT2D eigenvalue weighted by Crippen LogP contribution is -2.10. The third-order valence-corrected chi connectivity index (χ3v) is 3.18. The van der Waals surface area contributed by atoms with Crippen molar-refractivity contribution in [1.29, 1.82) is 0 Å². The van der Waals surface area contributed by atoms with Crippen LogP contribution in [0.4, 0.5) is 11.6 Å². The van der Waals surface area contributed by atoms with Crippen LogP contribution in [0.1, 0.15) is 31.9 Å². The Labute approximate surface area is 124 Å². The number of nitrogens with zero attached hydrogens (tertiary/aromatic N) is 2. The molecular weight excluding hydrogens is 272 g/mol. The molecule has 20 heavy (non-hydrogen) atoms. The Balaban J connectivity index is 2.03. The molecule has 0 bridgehead atoms. The van der Waals surface area contributed by atoms with Crippen molar-refractivity contribution in [3.63, 3.8) is 0 Å². The summed E-state index contributed by atoms with van der Waals surface area (Å²) in [6.07, 6.45) is 4.51. The van der Waals surface area contributed by atoms with Gasteiger partial charge in [0.15, 0.2) is 0 Å². The van der Waals surface area contributed by atoms with Crippen molar-refractivity contribution < 1.29 is 0 Å². The fourth-order valence-corrected chi connectivity index (χ4v) is 1.96. The molecule has 0 aliphatic rings. The van der Waals surface area contributed by atoms with Gasteiger partial charge in [0.05, 0.1) is 12.4 Å². The Morgan fingerprint density at radius 2 is 1.85 bits per heavy atom. The Kier molecular flexibility index (Phi) is 5.18. The van der Waals surface area contributed by atoms with Crippen LogP contribution in [0.15, 0.2) is 36.7 Å². The molecule has 0 aliphatic heterocycles. The summed E-state index contributed by atoms with van der Waals surface area (Å²) in [7, 11) is 0. The van der Waals surface area contributed by atoms with Gasteiger partial charge in [0, 0.05) is 17.6 Å². The van der Waals surface area contributed by atoms with Gasteiger partial charge >= 0.3 is 0 Å². The lowest BCUT2D eigenvalue weighted by atomic mass is 10.1. The number of anilines is 2. The molecule has 0 spiro atoms. The fraction of sp³-hybridized carbons (Fsp3) is 0.333. The van der Waals surface area contributed by atoms with Crippen molar-refractivity contribution in [2.24, 2.45) is 0 Å². The highest BCUT2D eigenvalue weighted by Crippen LogP contribution is 2.20. The molecule has 2 aromatic rings. The maximum atomic E-state index is 5.89. The molecule has 0 fully saturated rings. The van der Waals surface area contributed by atoms with Crippen molar-refractivity contribution in [3.05, 3.63) is 47.2 Å². The van der Waals surface area contributed by atoms with E-state index in [1.807, 2.05) is 24.3 Å². The first kappa shape index (κ1) is 14.6. The molecule has 1 atom stereocenters. The minimum Gasteiger partial charge on any atom is -0.369 e. The summed E-state index contributed by atoms with van der Waals surface area (Å²) in [6, 6.07) is 7.93. The average molecular weight is 291 g/mol. The maximum absolute atomic E-state index is 5.89. The summed E-state index contributed by atoms with van der Waals surface area (Å²) in [5, 5.41) is 7.30. The third kappa shape index (κ3) is 4.10. The quantitative estimate of drug-likeness (QED) is 0.840. The Morgan fingerprint density at radius 3 is 2.55 bits per heavy atom. The van der Waals surface area contributed by atoms with E-state index in [0.717, 1.165) is 35.2 Å². The Morgan fingerprint density at radius 1 is 1.15 bits per heavy atom. The van der Waals surface area contributed by atoms with Crippen molar-refractivity contribution in [2.45, 2.75) is 26.3 Å². The van der Waals surface area contributed by atoms with E-state index in [0.29, 0.717) is 0 Å². The Hall–Kier alpha value is -1.81. The number of halogens is 1. The monoisotopic (exact) mass is 290 g/mol. The molecule has 2 N–H and O–H groups in total. The van der Waals surface area contributed by atoms with Crippen molar-refractivity contribution >= 4 is 23.2 Å². The second kappa shape index (κ2) is 7.10. The van der Waals surface area contributed by atoms with E-state index in [1.54, 1.807) is 12.4 Å². The number of rotatable bonds is 6. The van der Waals surface area contributed by atoms with E-state index in [-0.39, 0.29) is 6.04 Å². The standard InChI is InChI=1S/C15H19ClN4/c1-3-8-18-14-9-17-10-15(20-14)19-11(2)12-4-6-13(16)7-5-12/h4-7,9-11H,3,8H2,1-2H3,(H2,18,19,20). The fourth-order valence-electron chi connectivity index (χ4n) is 1.83. The van der Waals surface area contributed by atoms with Crippen LogP contribution in [0, 0.1) is 0 Å². The molecule has 1 aromatic heterocycles. The largest absolute Gasteiger partial charge is 0.369 e. The van der Waals surface area contributed by atoms with Crippen LogP contribution in [-0.4, -0.2) is 16.5 Å². The van der Waals surface area contributed by atoms with E-state index in [4.69, 9.17) is 11.6 Å². The summed E-state index contributed by atoms with van der Waals surface area (Å²) in [4.78, 5) is 8.67. The predicted molar refractivity (Wildman–Crippen MR) is 84.3 cm³/mol. The van der Waals surface area contributed by atoms with Crippen LogP contribution >= 0.6 is 11.6 Å². The minimum atomic E-state index is 0.142. The Bertz CT molecular complexity index is 542. The second-order valence-corrected chi connectivity index (χ2v) is 5.07. The molecule has 0 aliphatic carbocycles. The van der Waals surface area contributed by atoms with E-state index in [1.165, 1.54) is 0 Å². The van der Waals surface area contributed by atoms with Crippen LogP contribution in [0.5, 0.6) is 0 Å².